The Kier molecular flexibility index (Phi) is 5.08. The minimum absolute atomic E-state index is 0.0635. The van der Waals surface area contributed by atoms with Crippen molar-refractivity contribution in [2.75, 3.05) is 22.1 Å². The number of amides is 1. The van der Waals surface area contributed by atoms with E-state index >= 15 is 0 Å². The number of aryl methyl sites for hydroxylation is 2. The summed E-state index contributed by atoms with van der Waals surface area (Å²) in [6, 6.07) is 9.15. The number of nitrogens with zero attached hydrogens (tertiary/aromatic N) is 6. The third-order valence-electron chi connectivity index (χ3n) is 5.53. The molecule has 170 valence electrons. The Hall–Kier alpha value is -4.15. The molecule has 0 unspecified atom stereocenters. The van der Waals surface area contributed by atoms with E-state index in [2.05, 4.69) is 25.7 Å². The van der Waals surface area contributed by atoms with Crippen molar-refractivity contribution in [3.63, 3.8) is 0 Å². The number of imidazole rings is 1. The zero-order valence-corrected chi connectivity index (χ0v) is 18.5. The van der Waals surface area contributed by atoms with E-state index in [-0.39, 0.29) is 18.4 Å². The lowest BCUT2D eigenvalue weighted by Crippen LogP contribution is -2.22. The molecular formula is C22H26N10O. The number of nitrogens with two attached hydrogens (primary N) is 2. The smallest absolute Gasteiger partial charge is 0.245 e. The van der Waals surface area contributed by atoms with Gasteiger partial charge in [-0.1, -0.05) is 0 Å². The van der Waals surface area contributed by atoms with E-state index in [1.54, 1.807) is 16.8 Å². The van der Waals surface area contributed by atoms with Gasteiger partial charge >= 0.3 is 0 Å². The van der Waals surface area contributed by atoms with E-state index in [0.29, 0.717) is 40.9 Å². The highest BCUT2D eigenvalue weighted by Crippen LogP contribution is 2.41. The SMILES string of the molecule is CCn1nc(C)cc1NC(=O)Cn1c(C2CC2)nc2c(Nc3ccc(N)cc3)nc(N)nc21. The molecule has 1 saturated carbocycles. The van der Waals surface area contributed by atoms with Crippen LogP contribution in [0.25, 0.3) is 11.2 Å². The summed E-state index contributed by atoms with van der Waals surface area (Å²) in [7, 11) is 0. The summed E-state index contributed by atoms with van der Waals surface area (Å²) in [6.45, 7) is 4.60. The van der Waals surface area contributed by atoms with Crippen LogP contribution in [0.4, 0.5) is 29.0 Å². The molecule has 5 rings (SSSR count). The zero-order valence-electron chi connectivity index (χ0n) is 18.5. The maximum atomic E-state index is 13.0. The van der Waals surface area contributed by atoms with Crippen molar-refractivity contribution < 1.29 is 4.79 Å². The third kappa shape index (κ3) is 4.16. The van der Waals surface area contributed by atoms with Gasteiger partial charge in [-0.2, -0.15) is 15.1 Å². The minimum Gasteiger partial charge on any atom is -0.399 e. The molecule has 0 atom stereocenters. The van der Waals surface area contributed by atoms with Gasteiger partial charge in [0, 0.05) is 29.9 Å². The average molecular weight is 447 g/mol. The Labute approximate surface area is 190 Å². The monoisotopic (exact) mass is 446 g/mol. The average Bonchev–Trinajstić information content (AvgIpc) is 3.47. The maximum absolute atomic E-state index is 13.0. The molecule has 6 N–H and O–H groups in total. The first kappa shape index (κ1) is 20.7. The molecule has 1 amide bonds. The van der Waals surface area contributed by atoms with Crippen LogP contribution in [0.3, 0.4) is 0 Å². The molecular weight excluding hydrogens is 420 g/mol. The lowest BCUT2D eigenvalue weighted by molar-refractivity contribution is -0.116. The Morgan fingerprint density at radius 1 is 1.15 bits per heavy atom. The second kappa shape index (κ2) is 8.08. The summed E-state index contributed by atoms with van der Waals surface area (Å²) in [6.07, 6.45) is 2.05. The summed E-state index contributed by atoms with van der Waals surface area (Å²) in [4.78, 5) is 26.6. The molecule has 0 saturated heterocycles. The van der Waals surface area contributed by atoms with E-state index in [9.17, 15) is 4.79 Å². The number of carbonyl (C=O) groups excluding carboxylic acids is 1. The topological polar surface area (TPSA) is 155 Å². The molecule has 0 radical (unpaired) electrons. The van der Waals surface area contributed by atoms with E-state index in [4.69, 9.17) is 16.5 Å². The molecule has 1 aromatic carbocycles. The van der Waals surface area contributed by atoms with Crippen LogP contribution in [0.1, 0.15) is 37.2 Å². The van der Waals surface area contributed by atoms with E-state index < -0.39 is 0 Å². The second-order valence-electron chi connectivity index (χ2n) is 8.21. The van der Waals surface area contributed by atoms with E-state index in [1.807, 2.05) is 36.6 Å². The quantitative estimate of drug-likeness (QED) is 0.316. The van der Waals surface area contributed by atoms with Gasteiger partial charge in [-0.15, -0.1) is 0 Å². The highest BCUT2D eigenvalue weighted by atomic mass is 16.2. The van der Waals surface area contributed by atoms with Crippen molar-refractivity contribution in [3.05, 3.63) is 41.9 Å². The fraction of sp³-hybridized carbons (Fsp3) is 0.318. The van der Waals surface area contributed by atoms with Gasteiger partial charge in [0.15, 0.2) is 17.0 Å². The van der Waals surface area contributed by atoms with Crippen LogP contribution in [0.15, 0.2) is 30.3 Å². The van der Waals surface area contributed by atoms with Crippen molar-refractivity contribution in [2.24, 2.45) is 0 Å². The largest absolute Gasteiger partial charge is 0.399 e. The van der Waals surface area contributed by atoms with Crippen molar-refractivity contribution >= 4 is 46.0 Å². The number of rotatable bonds is 7. The van der Waals surface area contributed by atoms with Gasteiger partial charge in [-0.3, -0.25) is 4.79 Å². The van der Waals surface area contributed by atoms with Crippen molar-refractivity contribution in [1.82, 2.24) is 29.3 Å². The Morgan fingerprint density at radius 2 is 1.91 bits per heavy atom. The number of aromatic nitrogens is 6. The van der Waals surface area contributed by atoms with Crippen molar-refractivity contribution in [1.29, 1.82) is 0 Å². The summed E-state index contributed by atoms with van der Waals surface area (Å²) >= 11 is 0. The van der Waals surface area contributed by atoms with E-state index in [1.165, 1.54) is 0 Å². The predicted molar refractivity (Wildman–Crippen MR) is 127 cm³/mol. The molecule has 3 heterocycles. The van der Waals surface area contributed by atoms with Gasteiger partial charge in [-0.05, 0) is 51.0 Å². The number of nitrogen functional groups attached to an aromatic ring is 2. The number of fused-ring (bicyclic) bond motifs is 1. The minimum atomic E-state index is -0.184. The van der Waals surface area contributed by atoms with Gasteiger partial charge in [0.2, 0.25) is 11.9 Å². The molecule has 0 spiro atoms. The van der Waals surface area contributed by atoms with Crippen molar-refractivity contribution in [3.8, 4) is 0 Å². The molecule has 11 heteroatoms. The van der Waals surface area contributed by atoms with Gasteiger partial charge in [0.25, 0.3) is 0 Å². The molecule has 33 heavy (non-hydrogen) atoms. The highest BCUT2D eigenvalue weighted by molar-refractivity contribution is 5.92. The van der Waals surface area contributed by atoms with Crippen LogP contribution >= 0.6 is 0 Å². The van der Waals surface area contributed by atoms with Crippen LogP contribution < -0.4 is 22.1 Å². The maximum Gasteiger partial charge on any atom is 0.245 e. The predicted octanol–water partition coefficient (Wildman–Crippen LogP) is 2.78. The number of hydrogen-bond donors (Lipinski definition) is 4. The summed E-state index contributed by atoms with van der Waals surface area (Å²) in [5, 5.41) is 10.6. The molecule has 0 aliphatic heterocycles. The van der Waals surface area contributed by atoms with Crippen LogP contribution in [0.2, 0.25) is 0 Å². The molecule has 1 aliphatic carbocycles. The fourth-order valence-electron chi connectivity index (χ4n) is 3.85. The number of carbonyl (C=O) groups is 1. The lowest BCUT2D eigenvalue weighted by atomic mass is 10.3. The summed E-state index contributed by atoms with van der Waals surface area (Å²) in [5.74, 6) is 2.18. The van der Waals surface area contributed by atoms with Crippen LogP contribution in [0.5, 0.6) is 0 Å². The number of benzene rings is 1. The summed E-state index contributed by atoms with van der Waals surface area (Å²) in [5.41, 5.74) is 15.2. The number of nitrogens with one attached hydrogen (secondary N) is 2. The molecule has 11 nitrogen and oxygen atoms in total. The Bertz CT molecular complexity index is 1330. The fourth-order valence-corrected chi connectivity index (χ4v) is 3.85. The zero-order chi connectivity index (χ0) is 23.1. The van der Waals surface area contributed by atoms with Crippen LogP contribution in [-0.2, 0) is 17.9 Å². The van der Waals surface area contributed by atoms with Crippen LogP contribution in [-0.4, -0.2) is 35.2 Å². The molecule has 0 bridgehead atoms. The highest BCUT2D eigenvalue weighted by Gasteiger charge is 2.32. The molecule has 1 fully saturated rings. The van der Waals surface area contributed by atoms with Gasteiger partial charge in [0.1, 0.15) is 18.2 Å². The lowest BCUT2D eigenvalue weighted by Gasteiger charge is -2.11. The Morgan fingerprint density at radius 3 is 2.61 bits per heavy atom. The van der Waals surface area contributed by atoms with E-state index in [0.717, 1.165) is 30.0 Å². The summed E-state index contributed by atoms with van der Waals surface area (Å²) < 4.78 is 3.60. The third-order valence-corrected chi connectivity index (χ3v) is 5.53. The van der Waals surface area contributed by atoms with Gasteiger partial charge in [0.05, 0.1) is 5.69 Å². The first-order chi connectivity index (χ1) is 15.9. The molecule has 3 aromatic heterocycles. The first-order valence-electron chi connectivity index (χ1n) is 10.9. The standard InChI is InChI=1S/C22H26N10O/c1-3-32-16(10-12(2)30-32)26-17(33)11-31-20(13-4-5-13)27-18-19(28-22(24)29-21(18)31)25-15-8-6-14(23)7-9-15/h6-10,13H,3-5,11,23H2,1-2H3,(H,26,33)(H3,24,25,28,29). The number of hydrogen-bond acceptors (Lipinski definition) is 8. The normalized spacial score (nSPS) is 13.4. The van der Waals surface area contributed by atoms with Crippen molar-refractivity contribution in [2.45, 2.75) is 45.7 Å². The van der Waals surface area contributed by atoms with Gasteiger partial charge in [-0.25, -0.2) is 9.67 Å². The molecule has 1 aliphatic rings. The second-order valence-corrected chi connectivity index (χ2v) is 8.21. The van der Waals surface area contributed by atoms with Gasteiger partial charge < -0.3 is 26.7 Å². The number of anilines is 5. The Balaban J connectivity index is 1.50. The molecule has 4 aromatic rings. The van der Waals surface area contributed by atoms with Crippen LogP contribution in [0, 0.1) is 6.92 Å². The first-order valence-corrected chi connectivity index (χ1v) is 10.9.